The molecule has 4 heteroatoms. The molecule has 0 aromatic carbocycles. The van der Waals surface area contributed by atoms with E-state index < -0.39 is 8.32 Å². The third-order valence-electron chi connectivity index (χ3n) is 3.66. The Kier molecular flexibility index (Phi) is 16.5. The van der Waals surface area contributed by atoms with Crippen molar-refractivity contribution < 1.29 is 21.4 Å². The predicted octanol–water partition coefficient (Wildman–Crippen LogP) is 1.81. The Morgan fingerprint density at radius 3 is 1.83 bits per heavy atom. The number of hydrogen-bond donors (Lipinski definition) is 0. The molecule has 0 amide bonds. The average Bonchev–Trinajstić information content (AvgIpc) is 2.14. The fourth-order valence-electron chi connectivity index (χ4n) is 1.35. The van der Waals surface area contributed by atoms with Crippen LogP contribution in [-0.2, 0) is 4.43 Å². The number of rotatable bonds is 8. The van der Waals surface area contributed by atoms with Gasteiger partial charge in [0, 0.05) is 6.61 Å². The zero-order chi connectivity index (χ0) is 12.7. The van der Waals surface area contributed by atoms with Crippen molar-refractivity contribution in [2.24, 2.45) is 0 Å². The fourth-order valence-corrected chi connectivity index (χ4v) is 2.44. The van der Waals surface area contributed by atoms with Crippen LogP contribution in [0.3, 0.4) is 0 Å². The Morgan fingerprint density at radius 1 is 0.944 bits per heavy atom. The number of hydrogen-bond acceptors (Lipinski definition) is 1. The molecule has 0 saturated carbocycles. The molecule has 0 bridgehead atoms. The maximum Gasteiger partial charge on any atom is 2.00 e. The van der Waals surface area contributed by atoms with Gasteiger partial charge in [-0.25, -0.2) is 0 Å². The zero-order valence-corrected chi connectivity index (χ0v) is 17.2. The third-order valence-corrected chi connectivity index (χ3v) is 8.20. The average molecular weight is 348 g/mol. The van der Waals surface area contributed by atoms with E-state index in [4.69, 9.17) is 4.43 Å². The Hall–Kier alpha value is 1.42. The molecule has 0 radical (unpaired) electrons. The summed E-state index contributed by atoms with van der Waals surface area (Å²) in [4.78, 5) is 0. The molecule has 0 saturated heterocycles. The van der Waals surface area contributed by atoms with Gasteiger partial charge in [-0.15, -0.1) is 0 Å². The first-order valence-electron chi connectivity index (χ1n) is 6.74. The Labute approximate surface area is 143 Å². The van der Waals surface area contributed by atoms with E-state index in [-0.39, 0.29) is 40.0 Å². The van der Waals surface area contributed by atoms with Gasteiger partial charge in [-0.1, -0.05) is 46.5 Å². The van der Waals surface area contributed by atoms with Crippen molar-refractivity contribution in [2.75, 3.05) is 6.61 Å². The quantitative estimate of drug-likeness (QED) is 0.370. The van der Waals surface area contributed by atoms with Crippen LogP contribution in [0.2, 0.25) is 18.1 Å². The van der Waals surface area contributed by atoms with Gasteiger partial charge in [-0.3, -0.25) is 0 Å². The summed E-state index contributed by atoms with van der Waals surface area (Å²) < 4.78 is 6.13. The molecule has 0 fully saturated rings. The summed E-state index contributed by atoms with van der Waals surface area (Å²) in [6.45, 7) is 16.4. The summed E-state index contributed by atoms with van der Waals surface area (Å²) in [7, 11) is -1.49. The molecule has 0 N–H and O–H groups in total. The van der Waals surface area contributed by atoms with Crippen LogP contribution in [0.4, 0.5) is 0 Å². The van der Waals surface area contributed by atoms with E-state index in [1.54, 1.807) is 0 Å². The van der Waals surface area contributed by atoms with Crippen molar-refractivity contribution in [3.8, 4) is 0 Å². The largest absolute Gasteiger partial charge is 2.00 e. The first-order valence-corrected chi connectivity index (χ1v) is 9.65. The van der Waals surface area contributed by atoms with Crippen LogP contribution in [-0.4, -0.2) is 38.0 Å². The van der Waals surface area contributed by atoms with E-state index in [1.807, 2.05) is 0 Å². The Morgan fingerprint density at radius 2 is 1.39 bits per heavy atom. The summed E-state index contributed by atoms with van der Waals surface area (Å²) in [5.74, 6) is 0. The molecule has 0 aliphatic heterocycles. The van der Waals surface area contributed by atoms with E-state index in [1.165, 1.54) is 32.1 Å². The van der Waals surface area contributed by atoms with Crippen molar-refractivity contribution in [1.82, 2.24) is 0 Å². The molecular weight excluding hydrogens is 316 g/mol. The van der Waals surface area contributed by atoms with Crippen LogP contribution in [0.15, 0.2) is 0 Å². The van der Waals surface area contributed by atoms with Gasteiger partial charge in [0.1, 0.15) is 0 Å². The summed E-state index contributed by atoms with van der Waals surface area (Å²) in [6, 6.07) is 0. The van der Waals surface area contributed by atoms with E-state index in [0.717, 1.165) is 13.0 Å². The SMILES string of the molecule is [Br-].[CH2-]CCCCCCCO[Si](C)(C)C(C)(C)C.[Mg+2]. The molecule has 0 aliphatic rings. The van der Waals surface area contributed by atoms with Gasteiger partial charge in [0.2, 0.25) is 0 Å². The van der Waals surface area contributed by atoms with E-state index >= 15 is 0 Å². The van der Waals surface area contributed by atoms with Crippen LogP contribution < -0.4 is 17.0 Å². The van der Waals surface area contributed by atoms with E-state index in [9.17, 15) is 0 Å². The zero-order valence-electron chi connectivity index (χ0n) is 13.2. The summed E-state index contributed by atoms with van der Waals surface area (Å²) in [5.41, 5.74) is 0. The molecule has 0 aromatic heterocycles. The third kappa shape index (κ3) is 11.3. The summed E-state index contributed by atoms with van der Waals surface area (Å²) >= 11 is 0. The first-order chi connectivity index (χ1) is 7.31. The molecule has 106 valence electrons. The molecular formula is C14H31BrMgOSi. The van der Waals surface area contributed by atoms with Crippen molar-refractivity contribution in [3.05, 3.63) is 6.92 Å². The summed E-state index contributed by atoms with van der Waals surface area (Å²) in [6.07, 6.45) is 7.59. The normalized spacial score (nSPS) is 11.7. The molecule has 0 atom stereocenters. The van der Waals surface area contributed by atoms with Crippen LogP contribution in [0.1, 0.15) is 59.3 Å². The minimum atomic E-state index is -1.49. The Bertz CT molecular complexity index is 181. The molecule has 0 aromatic rings. The van der Waals surface area contributed by atoms with Crippen LogP contribution in [0.5, 0.6) is 0 Å². The topological polar surface area (TPSA) is 9.23 Å². The molecule has 0 heterocycles. The van der Waals surface area contributed by atoms with Gasteiger partial charge < -0.3 is 28.3 Å². The minimum absolute atomic E-state index is 0. The predicted molar refractivity (Wildman–Crippen MR) is 82.0 cm³/mol. The second-order valence-electron chi connectivity index (χ2n) is 6.23. The molecule has 0 spiro atoms. The van der Waals surface area contributed by atoms with Crippen LogP contribution in [0.25, 0.3) is 0 Å². The molecule has 18 heavy (non-hydrogen) atoms. The molecule has 1 nitrogen and oxygen atoms in total. The smallest absolute Gasteiger partial charge is 1.00 e. The van der Waals surface area contributed by atoms with Crippen LogP contribution >= 0.6 is 0 Å². The monoisotopic (exact) mass is 346 g/mol. The Balaban J connectivity index is -0.00000112. The van der Waals surface area contributed by atoms with E-state index in [2.05, 4.69) is 40.8 Å². The molecule has 0 unspecified atom stereocenters. The minimum Gasteiger partial charge on any atom is -1.00 e. The first kappa shape index (κ1) is 24.4. The molecule has 0 aliphatic carbocycles. The fraction of sp³-hybridized carbons (Fsp3) is 0.929. The number of unbranched alkanes of at least 4 members (excludes halogenated alkanes) is 5. The second-order valence-corrected chi connectivity index (χ2v) is 11.0. The maximum atomic E-state index is 6.13. The van der Waals surface area contributed by atoms with Gasteiger partial charge in [-0.2, -0.15) is 6.42 Å². The van der Waals surface area contributed by atoms with Crippen molar-refractivity contribution in [2.45, 2.75) is 77.4 Å². The van der Waals surface area contributed by atoms with Gasteiger partial charge in [0.25, 0.3) is 0 Å². The molecule has 0 rings (SSSR count). The summed E-state index contributed by atoms with van der Waals surface area (Å²) in [5, 5.41) is 0.348. The van der Waals surface area contributed by atoms with E-state index in [0.29, 0.717) is 5.04 Å². The van der Waals surface area contributed by atoms with Crippen LogP contribution in [0, 0.1) is 6.92 Å². The second kappa shape index (κ2) is 12.2. The van der Waals surface area contributed by atoms with Gasteiger partial charge >= 0.3 is 23.1 Å². The number of halogens is 1. The van der Waals surface area contributed by atoms with Crippen molar-refractivity contribution >= 4 is 31.4 Å². The van der Waals surface area contributed by atoms with Crippen molar-refractivity contribution in [1.29, 1.82) is 0 Å². The van der Waals surface area contributed by atoms with Gasteiger partial charge in [0.05, 0.1) is 0 Å². The maximum absolute atomic E-state index is 6.13. The van der Waals surface area contributed by atoms with Gasteiger partial charge in [-0.05, 0) is 24.6 Å². The standard InChI is InChI=1S/C14H31OSi.BrH.Mg/c1-7-8-9-10-11-12-13-15-16(5,6)14(2,3)4;;/h1,7-13H2,2-6H3;1H;/q-1;;+2/p-1. The van der Waals surface area contributed by atoms with Crippen molar-refractivity contribution in [3.63, 3.8) is 0 Å². The van der Waals surface area contributed by atoms with Gasteiger partial charge in [0.15, 0.2) is 8.32 Å².